The fourth-order valence-electron chi connectivity index (χ4n) is 1.02. The van der Waals surface area contributed by atoms with Crippen LogP contribution >= 0.6 is 34.2 Å². The molecule has 1 N–H and O–H groups in total. The first-order valence-corrected chi connectivity index (χ1v) is 5.85. The van der Waals surface area contributed by atoms with Gasteiger partial charge in [0.25, 0.3) is 0 Å². The lowest BCUT2D eigenvalue weighted by Crippen LogP contribution is -2.09. The molecule has 0 heterocycles. The first-order chi connectivity index (χ1) is 6.99. The lowest BCUT2D eigenvalue weighted by molar-refractivity contribution is -0.111. The minimum absolute atomic E-state index is 0.116. The van der Waals surface area contributed by atoms with E-state index in [9.17, 15) is 4.79 Å². The molecule has 0 saturated carbocycles. The molecule has 1 aromatic rings. The second kappa shape index (κ2) is 5.51. The number of nitrogens with one attached hydrogen (secondary N) is 1. The Hall–Kier alpha value is -0.550. The summed E-state index contributed by atoms with van der Waals surface area (Å²) in [4.78, 5) is 11.4. The topological polar surface area (TPSA) is 29.1 Å². The Balaban J connectivity index is 2.82. The van der Waals surface area contributed by atoms with Crippen LogP contribution in [0.4, 0.5) is 5.69 Å². The third-order valence-electron chi connectivity index (χ3n) is 1.61. The van der Waals surface area contributed by atoms with Gasteiger partial charge >= 0.3 is 0 Å². The maximum atomic E-state index is 11.4. The van der Waals surface area contributed by atoms with Crippen LogP contribution in [0, 0.1) is 3.57 Å². The minimum atomic E-state index is -0.116. The molecule has 0 bridgehead atoms. The molecule has 1 amide bonds. The molecule has 0 fully saturated rings. The van der Waals surface area contributed by atoms with Gasteiger partial charge in [0.1, 0.15) is 0 Å². The second-order valence-electron chi connectivity index (χ2n) is 3.34. The van der Waals surface area contributed by atoms with Crippen molar-refractivity contribution in [2.45, 2.75) is 13.8 Å². The molecule has 0 spiro atoms. The van der Waals surface area contributed by atoms with Gasteiger partial charge in [0.2, 0.25) is 5.91 Å². The average molecular weight is 336 g/mol. The van der Waals surface area contributed by atoms with E-state index in [2.05, 4.69) is 27.9 Å². The Morgan fingerprint density at radius 1 is 1.47 bits per heavy atom. The van der Waals surface area contributed by atoms with E-state index in [1.807, 2.05) is 13.8 Å². The number of benzene rings is 1. The van der Waals surface area contributed by atoms with E-state index in [0.29, 0.717) is 5.02 Å². The minimum Gasteiger partial charge on any atom is -0.322 e. The molecule has 0 radical (unpaired) electrons. The molecule has 0 aliphatic heterocycles. The van der Waals surface area contributed by atoms with Gasteiger partial charge in [-0.2, -0.15) is 0 Å². The number of halogens is 2. The summed E-state index contributed by atoms with van der Waals surface area (Å²) in [6.45, 7) is 3.76. The maximum Gasteiger partial charge on any atom is 0.248 e. The first-order valence-electron chi connectivity index (χ1n) is 4.40. The third-order valence-corrected chi connectivity index (χ3v) is 2.74. The van der Waals surface area contributed by atoms with Crippen molar-refractivity contribution in [3.8, 4) is 0 Å². The fourth-order valence-corrected chi connectivity index (χ4v) is 2.03. The average Bonchev–Trinajstić information content (AvgIpc) is 2.08. The largest absolute Gasteiger partial charge is 0.322 e. The molecule has 0 aromatic heterocycles. The van der Waals surface area contributed by atoms with E-state index in [0.717, 1.165) is 14.8 Å². The lowest BCUT2D eigenvalue weighted by atomic mass is 10.3. The van der Waals surface area contributed by atoms with Gasteiger partial charge in [-0.15, -0.1) is 0 Å². The number of carbonyl (C=O) groups excluding carboxylic acids is 1. The van der Waals surface area contributed by atoms with Gasteiger partial charge in [0, 0.05) is 14.7 Å². The van der Waals surface area contributed by atoms with Crippen molar-refractivity contribution in [1.82, 2.24) is 0 Å². The van der Waals surface area contributed by atoms with Gasteiger partial charge in [-0.3, -0.25) is 4.79 Å². The van der Waals surface area contributed by atoms with E-state index in [1.165, 1.54) is 0 Å². The SMILES string of the molecule is CC(C)=CC(=O)Nc1ccc(Cl)cc1I. The maximum absolute atomic E-state index is 11.4. The van der Waals surface area contributed by atoms with Crippen LogP contribution in [-0.4, -0.2) is 5.91 Å². The molecule has 4 heteroatoms. The lowest BCUT2D eigenvalue weighted by Gasteiger charge is -2.05. The summed E-state index contributed by atoms with van der Waals surface area (Å²) >= 11 is 7.94. The molecular weight excluding hydrogens is 324 g/mol. The molecule has 15 heavy (non-hydrogen) atoms. The summed E-state index contributed by atoms with van der Waals surface area (Å²) in [7, 11) is 0. The predicted octanol–water partition coefficient (Wildman–Crippen LogP) is 3.85. The molecule has 0 atom stereocenters. The summed E-state index contributed by atoms with van der Waals surface area (Å²) in [6, 6.07) is 5.35. The van der Waals surface area contributed by atoms with E-state index >= 15 is 0 Å². The monoisotopic (exact) mass is 335 g/mol. The van der Waals surface area contributed by atoms with E-state index in [4.69, 9.17) is 11.6 Å². The molecular formula is C11H11ClINO. The molecule has 2 nitrogen and oxygen atoms in total. The number of hydrogen-bond acceptors (Lipinski definition) is 1. The van der Waals surface area contributed by atoms with Crippen LogP contribution in [0.1, 0.15) is 13.8 Å². The van der Waals surface area contributed by atoms with Crippen molar-refractivity contribution in [3.05, 3.63) is 38.4 Å². The molecule has 0 unspecified atom stereocenters. The first kappa shape index (κ1) is 12.5. The summed E-state index contributed by atoms with van der Waals surface area (Å²) in [5.74, 6) is -0.116. The molecule has 80 valence electrons. The van der Waals surface area contributed by atoms with Crippen LogP contribution in [0.25, 0.3) is 0 Å². The summed E-state index contributed by atoms with van der Waals surface area (Å²) in [6.07, 6.45) is 1.56. The Kier molecular flexibility index (Phi) is 4.60. The van der Waals surface area contributed by atoms with Gasteiger partial charge in [0.05, 0.1) is 5.69 Å². The van der Waals surface area contributed by atoms with Crippen molar-refractivity contribution >= 4 is 45.8 Å². The van der Waals surface area contributed by atoms with Crippen LogP contribution in [0.5, 0.6) is 0 Å². The fraction of sp³-hybridized carbons (Fsp3) is 0.182. The van der Waals surface area contributed by atoms with Crippen molar-refractivity contribution in [3.63, 3.8) is 0 Å². The number of hydrogen-bond donors (Lipinski definition) is 1. The van der Waals surface area contributed by atoms with Crippen LogP contribution < -0.4 is 5.32 Å². The van der Waals surface area contributed by atoms with Crippen LogP contribution in [-0.2, 0) is 4.79 Å². The second-order valence-corrected chi connectivity index (χ2v) is 4.93. The van der Waals surface area contributed by atoms with Gasteiger partial charge in [0.15, 0.2) is 0 Å². The quantitative estimate of drug-likeness (QED) is 0.645. The highest BCUT2D eigenvalue weighted by molar-refractivity contribution is 14.1. The smallest absolute Gasteiger partial charge is 0.248 e. The zero-order chi connectivity index (χ0) is 11.4. The van der Waals surface area contributed by atoms with Crippen LogP contribution in [0.3, 0.4) is 0 Å². The zero-order valence-electron chi connectivity index (χ0n) is 8.47. The van der Waals surface area contributed by atoms with E-state index in [1.54, 1.807) is 24.3 Å². The number of anilines is 1. The summed E-state index contributed by atoms with van der Waals surface area (Å²) in [5.41, 5.74) is 1.75. The Morgan fingerprint density at radius 3 is 2.67 bits per heavy atom. The zero-order valence-corrected chi connectivity index (χ0v) is 11.4. The molecule has 0 aliphatic carbocycles. The van der Waals surface area contributed by atoms with Crippen LogP contribution in [0.2, 0.25) is 5.02 Å². The number of carbonyl (C=O) groups is 1. The van der Waals surface area contributed by atoms with E-state index < -0.39 is 0 Å². The normalized spacial score (nSPS) is 9.60. The predicted molar refractivity (Wildman–Crippen MR) is 72.2 cm³/mol. The highest BCUT2D eigenvalue weighted by Gasteiger charge is 2.03. The van der Waals surface area contributed by atoms with Crippen molar-refractivity contribution in [2.24, 2.45) is 0 Å². The van der Waals surface area contributed by atoms with E-state index in [-0.39, 0.29) is 5.91 Å². The number of rotatable bonds is 2. The Bertz CT molecular complexity index is 411. The van der Waals surface area contributed by atoms with Crippen molar-refractivity contribution in [1.29, 1.82) is 0 Å². The van der Waals surface area contributed by atoms with Crippen molar-refractivity contribution in [2.75, 3.05) is 5.32 Å². The van der Waals surface area contributed by atoms with Gasteiger partial charge in [-0.25, -0.2) is 0 Å². The standard InChI is InChI=1S/C11H11ClINO/c1-7(2)5-11(15)14-10-4-3-8(12)6-9(10)13/h3-6H,1-2H3,(H,14,15). The van der Waals surface area contributed by atoms with Gasteiger partial charge in [-0.1, -0.05) is 17.2 Å². The molecule has 1 aromatic carbocycles. The highest BCUT2D eigenvalue weighted by atomic mass is 127. The Labute approximate surface area is 108 Å². The number of amides is 1. The number of allylic oxidation sites excluding steroid dienone is 1. The van der Waals surface area contributed by atoms with Crippen LogP contribution in [0.15, 0.2) is 29.8 Å². The summed E-state index contributed by atoms with van der Waals surface area (Å²) < 4.78 is 0.926. The summed E-state index contributed by atoms with van der Waals surface area (Å²) in [5, 5.41) is 3.45. The van der Waals surface area contributed by atoms with Gasteiger partial charge < -0.3 is 5.32 Å². The van der Waals surface area contributed by atoms with Gasteiger partial charge in [-0.05, 0) is 54.6 Å². The molecule has 0 aliphatic rings. The highest BCUT2D eigenvalue weighted by Crippen LogP contribution is 2.22. The Morgan fingerprint density at radius 2 is 2.13 bits per heavy atom. The third kappa shape index (κ3) is 4.22. The molecule has 1 rings (SSSR count). The molecule has 0 saturated heterocycles. The van der Waals surface area contributed by atoms with Crippen molar-refractivity contribution < 1.29 is 4.79 Å².